The van der Waals surface area contributed by atoms with Gasteiger partial charge >= 0.3 is 6.18 Å². The van der Waals surface area contributed by atoms with Crippen LogP contribution in [0.1, 0.15) is 57.9 Å². The Hall–Kier alpha value is -1.76. The summed E-state index contributed by atoms with van der Waals surface area (Å²) >= 11 is 0. The van der Waals surface area contributed by atoms with E-state index in [-0.39, 0.29) is 24.0 Å². The lowest BCUT2D eigenvalue weighted by Crippen LogP contribution is -2.45. The van der Waals surface area contributed by atoms with E-state index in [1.807, 2.05) is 6.92 Å². The van der Waals surface area contributed by atoms with Crippen LogP contribution in [0.2, 0.25) is 0 Å². The molecule has 146 valence electrons. The Labute approximate surface area is 152 Å². The number of alkyl halides is 3. The number of carbonyl (C=O) groups is 1. The van der Waals surface area contributed by atoms with Gasteiger partial charge in [-0.05, 0) is 44.9 Å². The molecule has 1 aromatic rings. The Balaban J connectivity index is 2.26. The molecule has 0 unspecified atom stereocenters. The molecule has 0 saturated heterocycles. The topological polar surface area (TPSA) is 47.6 Å². The van der Waals surface area contributed by atoms with Crippen molar-refractivity contribution in [2.75, 3.05) is 18.5 Å². The monoisotopic (exact) mass is 373 g/mol. The van der Waals surface area contributed by atoms with Gasteiger partial charge in [0.25, 0.3) is 5.91 Å². The Kier molecular flexibility index (Phi) is 6.92. The van der Waals surface area contributed by atoms with E-state index >= 15 is 0 Å². The minimum atomic E-state index is -4.56. The van der Waals surface area contributed by atoms with Crippen LogP contribution >= 0.6 is 0 Å². The first-order valence-corrected chi connectivity index (χ1v) is 9.12. The fourth-order valence-corrected chi connectivity index (χ4v) is 3.37. The molecule has 4 nitrogen and oxygen atoms in total. The molecule has 1 aromatic carbocycles. The van der Waals surface area contributed by atoms with Crippen LogP contribution in [-0.2, 0) is 15.7 Å². The average molecular weight is 373 g/mol. The molecular weight excluding hydrogens is 347 g/mol. The fraction of sp³-hybridized carbons (Fsp3) is 0.632. The van der Waals surface area contributed by atoms with Crippen molar-refractivity contribution in [1.29, 1.82) is 0 Å². The summed E-state index contributed by atoms with van der Waals surface area (Å²) < 4.78 is 50.7. The number of hydrogen-bond donors (Lipinski definition) is 1. The number of nitrogens with one attached hydrogen (secondary N) is 1. The molecule has 1 fully saturated rings. The highest BCUT2D eigenvalue weighted by Gasteiger charge is 2.40. The maximum Gasteiger partial charge on any atom is 0.420 e. The van der Waals surface area contributed by atoms with Crippen molar-refractivity contribution in [3.63, 3.8) is 0 Å². The van der Waals surface area contributed by atoms with Crippen LogP contribution in [-0.4, -0.2) is 24.7 Å². The molecule has 0 spiro atoms. The maximum absolute atomic E-state index is 13.3. The van der Waals surface area contributed by atoms with Gasteiger partial charge in [-0.15, -0.1) is 0 Å². The average Bonchev–Trinajstić information content (AvgIpc) is 2.82. The number of ether oxygens (including phenoxy) is 2. The second-order valence-corrected chi connectivity index (χ2v) is 6.44. The molecule has 0 aliphatic heterocycles. The number of benzene rings is 1. The molecule has 0 bridgehead atoms. The van der Waals surface area contributed by atoms with E-state index in [2.05, 4.69) is 5.32 Å². The predicted octanol–water partition coefficient (Wildman–Crippen LogP) is 5.17. The van der Waals surface area contributed by atoms with E-state index in [1.165, 1.54) is 12.1 Å². The number of halogens is 3. The zero-order valence-corrected chi connectivity index (χ0v) is 15.2. The minimum Gasteiger partial charge on any atom is -0.493 e. The van der Waals surface area contributed by atoms with Gasteiger partial charge in [-0.1, -0.05) is 25.7 Å². The summed E-state index contributed by atoms with van der Waals surface area (Å²) in [6, 6.07) is 3.58. The van der Waals surface area contributed by atoms with Gasteiger partial charge in [0.15, 0.2) is 0 Å². The molecule has 0 aromatic heterocycles. The van der Waals surface area contributed by atoms with Crippen molar-refractivity contribution >= 4 is 11.6 Å². The van der Waals surface area contributed by atoms with Gasteiger partial charge in [-0.3, -0.25) is 4.79 Å². The molecule has 0 heterocycles. The largest absolute Gasteiger partial charge is 0.493 e. The highest BCUT2D eigenvalue weighted by Crippen LogP contribution is 2.38. The summed E-state index contributed by atoms with van der Waals surface area (Å²) in [5.74, 6) is -0.620. The van der Waals surface area contributed by atoms with Crippen LogP contribution in [0, 0.1) is 0 Å². The summed E-state index contributed by atoms with van der Waals surface area (Å²) in [4.78, 5) is 12.9. The van der Waals surface area contributed by atoms with Crippen molar-refractivity contribution in [2.24, 2.45) is 0 Å². The molecule has 26 heavy (non-hydrogen) atoms. The molecule has 1 aliphatic carbocycles. The summed E-state index contributed by atoms with van der Waals surface area (Å²) in [5, 5.41) is 2.63. The summed E-state index contributed by atoms with van der Waals surface area (Å²) in [6.07, 6.45) is 0.387. The Bertz CT molecular complexity index is 609. The Morgan fingerprint density at radius 3 is 2.31 bits per heavy atom. The van der Waals surface area contributed by atoms with E-state index in [4.69, 9.17) is 9.47 Å². The molecular formula is C19H26F3NO3. The third kappa shape index (κ3) is 4.90. The maximum atomic E-state index is 13.3. The summed E-state index contributed by atoms with van der Waals surface area (Å²) in [6.45, 7) is 3.94. The van der Waals surface area contributed by atoms with Crippen molar-refractivity contribution in [1.82, 2.24) is 0 Å². The van der Waals surface area contributed by atoms with Crippen LogP contribution in [0.5, 0.6) is 5.75 Å². The zero-order valence-electron chi connectivity index (χ0n) is 15.2. The van der Waals surface area contributed by atoms with Crippen molar-refractivity contribution in [2.45, 2.75) is 64.1 Å². The lowest BCUT2D eigenvalue weighted by molar-refractivity contribution is -0.143. The van der Waals surface area contributed by atoms with Gasteiger partial charge in [-0.25, -0.2) is 0 Å². The van der Waals surface area contributed by atoms with E-state index < -0.39 is 17.3 Å². The summed E-state index contributed by atoms with van der Waals surface area (Å²) in [7, 11) is 0. The standard InChI is InChI=1S/C19H26F3NO3/c1-3-25-16-10-9-14(13-15(16)19(20,21)22)23-17(24)18(26-4-2)11-7-5-6-8-12-18/h9-10,13H,3-8,11-12H2,1-2H3,(H,23,24). The number of anilines is 1. The van der Waals surface area contributed by atoms with Gasteiger partial charge < -0.3 is 14.8 Å². The normalized spacial score (nSPS) is 17.4. The van der Waals surface area contributed by atoms with Crippen LogP contribution < -0.4 is 10.1 Å². The third-order valence-corrected chi connectivity index (χ3v) is 4.59. The van der Waals surface area contributed by atoms with Crippen molar-refractivity contribution < 1.29 is 27.4 Å². The first-order valence-electron chi connectivity index (χ1n) is 9.12. The van der Waals surface area contributed by atoms with Gasteiger partial charge in [0, 0.05) is 12.3 Å². The zero-order chi connectivity index (χ0) is 19.2. The van der Waals surface area contributed by atoms with E-state index in [9.17, 15) is 18.0 Å². The smallest absolute Gasteiger partial charge is 0.420 e. The SMILES string of the molecule is CCOc1ccc(NC(=O)C2(OCC)CCCCCC2)cc1C(F)(F)F. The van der Waals surface area contributed by atoms with Crippen molar-refractivity contribution in [3.05, 3.63) is 23.8 Å². The molecule has 1 saturated carbocycles. The number of rotatable bonds is 6. The molecule has 1 N–H and O–H groups in total. The Morgan fingerprint density at radius 2 is 1.77 bits per heavy atom. The fourth-order valence-electron chi connectivity index (χ4n) is 3.37. The van der Waals surface area contributed by atoms with Crippen molar-refractivity contribution in [3.8, 4) is 5.75 Å². The first-order chi connectivity index (χ1) is 12.3. The lowest BCUT2D eigenvalue weighted by Gasteiger charge is -2.31. The highest BCUT2D eigenvalue weighted by atomic mass is 19.4. The summed E-state index contributed by atoms with van der Waals surface area (Å²) in [5.41, 5.74) is -1.78. The van der Waals surface area contributed by atoms with Crippen LogP contribution in [0.15, 0.2) is 18.2 Å². The van der Waals surface area contributed by atoms with Gasteiger partial charge in [-0.2, -0.15) is 13.2 Å². The minimum absolute atomic E-state index is 0.0918. The van der Waals surface area contributed by atoms with Crippen LogP contribution in [0.4, 0.5) is 18.9 Å². The van der Waals surface area contributed by atoms with E-state index in [1.54, 1.807) is 6.92 Å². The molecule has 7 heteroatoms. The number of carbonyl (C=O) groups excluding carboxylic acids is 1. The third-order valence-electron chi connectivity index (χ3n) is 4.59. The molecule has 1 amide bonds. The van der Waals surface area contributed by atoms with Crippen LogP contribution in [0.3, 0.4) is 0 Å². The lowest BCUT2D eigenvalue weighted by atomic mass is 9.92. The molecule has 2 rings (SSSR count). The Morgan fingerprint density at radius 1 is 1.12 bits per heavy atom. The van der Waals surface area contributed by atoms with E-state index in [0.29, 0.717) is 19.4 Å². The molecule has 0 radical (unpaired) electrons. The van der Waals surface area contributed by atoms with E-state index in [0.717, 1.165) is 31.7 Å². The first kappa shape index (κ1) is 20.6. The molecule has 0 atom stereocenters. The number of amides is 1. The quantitative estimate of drug-likeness (QED) is 0.700. The second kappa shape index (κ2) is 8.75. The van der Waals surface area contributed by atoms with Gasteiger partial charge in [0.1, 0.15) is 11.4 Å². The van der Waals surface area contributed by atoms with Gasteiger partial charge in [0.2, 0.25) is 0 Å². The highest BCUT2D eigenvalue weighted by molar-refractivity contribution is 5.97. The number of hydrogen-bond acceptors (Lipinski definition) is 3. The van der Waals surface area contributed by atoms with Gasteiger partial charge in [0.05, 0.1) is 12.2 Å². The van der Waals surface area contributed by atoms with Crippen LogP contribution in [0.25, 0.3) is 0 Å². The predicted molar refractivity (Wildman–Crippen MR) is 93.3 cm³/mol. The second-order valence-electron chi connectivity index (χ2n) is 6.44. The molecule has 1 aliphatic rings.